The Kier molecular flexibility index (Phi) is 4.74. The van der Waals surface area contributed by atoms with Gasteiger partial charge in [-0.25, -0.2) is 9.97 Å². The van der Waals surface area contributed by atoms with Crippen molar-refractivity contribution in [2.75, 3.05) is 11.5 Å². The molecule has 2 rings (SSSR count). The molecule has 0 aliphatic rings. The van der Waals surface area contributed by atoms with Gasteiger partial charge in [-0.2, -0.15) is 11.8 Å². The maximum atomic E-state index is 6.28. The van der Waals surface area contributed by atoms with Crippen molar-refractivity contribution in [1.29, 1.82) is 0 Å². The van der Waals surface area contributed by atoms with Crippen molar-refractivity contribution in [3.05, 3.63) is 23.7 Å². The van der Waals surface area contributed by atoms with Gasteiger partial charge < -0.3 is 4.57 Å². The molecule has 0 aromatic carbocycles. The fourth-order valence-electron chi connectivity index (χ4n) is 2.16. The van der Waals surface area contributed by atoms with Crippen LogP contribution in [0.15, 0.2) is 12.1 Å². The first-order valence-corrected chi connectivity index (χ1v) is 8.21. The van der Waals surface area contributed by atoms with Gasteiger partial charge in [0.2, 0.25) is 0 Å². The molecule has 0 saturated carbocycles. The molecule has 0 N–H and O–H groups in total. The maximum Gasteiger partial charge on any atom is 0.160 e. The van der Waals surface area contributed by atoms with Gasteiger partial charge in [-0.3, -0.25) is 0 Å². The smallest absolute Gasteiger partial charge is 0.160 e. The lowest BCUT2D eigenvalue weighted by atomic mass is 10.3. The third kappa shape index (κ3) is 3.06. The summed E-state index contributed by atoms with van der Waals surface area (Å²) in [6, 6.07) is 4.37. The lowest BCUT2D eigenvalue weighted by molar-refractivity contribution is 0.588. The van der Waals surface area contributed by atoms with Crippen molar-refractivity contribution in [2.45, 2.75) is 39.1 Å². The molecule has 0 spiro atoms. The minimum absolute atomic E-state index is 0.108. The molecule has 19 heavy (non-hydrogen) atoms. The van der Waals surface area contributed by atoms with E-state index in [1.165, 1.54) is 0 Å². The summed E-state index contributed by atoms with van der Waals surface area (Å²) in [5, 5.41) is -0.108. The van der Waals surface area contributed by atoms with Gasteiger partial charge in [-0.15, -0.1) is 11.6 Å². The number of nitrogens with zero attached hydrogens (tertiary/aromatic N) is 3. The molecule has 0 amide bonds. The van der Waals surface area contributed by atoms with Crippen molar-refractivity contribution >= 4 is 34.5 Å². The molecule has 2 unspecified atom stereocenters. The number of hydrogen-bond acceptors (Lipinski definition) is 3. The number of thioether (sulfide) groups is 1. The standard InChI is InChI=1S/C14H20ClN3S/c1-5-19-8-10(3)18-13(11(4)15)17-12-7-6-9(2)16-14(12)18/h6-7,10-11H,5,8H2,1-4H3. The Bertz CT molecular complexity index is 565. The normalized spacial score (nSPS) is 14.8. The minimum atomic E-state index is -0.108. The van der Waals surface area contributed by atoms with E-state index in [0.29, 0.717) is 6.04 Å². The number of pyridine rings is 1. The van der Waals surface area contributed by atoms with Crippen LogP contribution < -0.4 is 0 Å². The second kappa shape index (κ2) is 6.14. The van der Waals surface area contributed by atoms with Crippen molar-refractivity contribution < 1.29 is 0 Å². The highest BCUT2D eigenvalue weighted by molar-refractivity contribution is 7.99. The van der Waals surface area contributed by atoms with Crippen LogP contribution in [0.1, 0.15) is 43.7 Å². The molecule has 2 atom stereocenters. The van der Waals surface area contributed by atoms with Gasteiger partial charge in [0.1, 0.15) is 11.3 Å². The maximum absolute atomic E-state index is 6.28. The van der Waals surface area contributed by atoms with Gasteiger partial charge >= 0.3 is 0 Å². The van der Waals surface area contributed by atoms with Crippen molar-refractivity contribution in [3.8, 4) is 0 Å². The van der Waals surface area contributed by atoms with Crippen LogP contribution in [0.4, 0.5) is 0 Å². The van der Waals surface area contributed by atoms with Gasteiger partial charge in [0.05, 0.1) is 5.38 Å². The van der Waals surface area contributed by atoms with Gasteiger partial charge in [0.15, 0.2) is 5.65 Å². The van der Waals surface area contributed by atoms with E-state index in [4.69, 9.17) is 11.6 Å². The third-order valence-electron chi connectivity index (χ3n) is 3.06. The topological polar surface area (TPSA) is 30.7 Å². The second-order valence-electron chi connectivity index (χ2n) is 4.76. The Balaban J connectivity index is 2.53. The Labute approximate surface area is 123 Å². The van der Waals surface area contributed by atoms with Crippen LogP contribution in [0.3, 0.4) is 0 Å². The van der Waals surface area contributed by atoms with Crippen LogP contribution in [0.5, 0.6) is 0 Å². The molecule has 0 bridgehead atoms. The average molecular weight is 298 g/mol. The largest absolute Gasteiger partial charge is 0.308 e. The first kappa shape index (κ1) is 14.7. The van der Waals surface area contributed by atoms with Crippen molar-refractivity contribution in [2.24, 2.45) is 0 Å². The molecule has 2 heterocycles. The van der Waals surface area contributed by atoms with Gasteiger partial charge in [0, 0.05) is 17.5 Å². The lowest BCUT2D eigenvalue weighted by Gasteiger charge is -2.17. The van der Waals surface area contributed by atoms with Gasteiger partial charge in [0.25, 0.3) is 0 Å². The molecule has 0 radical (unpaired) electrons. The number of hydrogen-bond donors (Lipinski definition) is 0. The summed E-state index contributed by atoms with van der Waals surface area (Å²) in [5.74, 6) is 3.09. The SMILES string of the molecule is CCSCC(C)n1c(C(C)Cl)nc2ccc(C)nc21. The second-order valence-corrected chi connectivity index (χ2v) is 6.73. The summed E-state index contributed by atoms with van der Waals surface area (Å²) in [7, 11) is 0. The quantitative estimate of drug-likeness (QED) is 0.769. The Hall–Kier alpha value is -0.740. The zero-order valence-corrected chi connectivity index (χ0v) is 13.4. The summed E-state index contributed by atoms with van der Waals surface area (Å²) in [4.78, 5) is 9.28. The molecule has 2 aromatic rings. The lowest BCUT2D eigenvalue weighted by Crippen LogP contribution is -2.13. The summed E-state index contributed by atoms with van der Waals surface area (Å²) in [6.45, 7) is 8.35. The van der Waals surface area contributed by atoms with Crippen molar-refractivity contribution in [1.82, 2.24) is 14.5 Å². The molecule has 0 fully saturated rings. The molecule has 104 valence electrons. The molecular weight excluding hydrogens is 278 g/mol. The number of imidazole rings is 1. The summed E-state index contributed by atoms with van der Waals surface area (Å²) in [5.41, 5.74) is 2.89. The van der Waals surface area contributed by atoms with E-state index in [1.54, 1.807) is 0 Å². The molecule has 5 heteroatoms. The van der Waals surface area contributed by atoms with E-state index in [0.717, 1.165) is 34.2 Å². The summed E-state index contributed by atoms with van der Waals surface area (Å²) >= 11 is 8.21. The predicted octanol–water partition coefficient (Wildman–Crippen LogP) is 4.35. The molecule has 2 aromatic heterocycles. The van der Waals surface area contributed by atoms with E-state index in [1.807, 2.05) is 37.7 Å². The minimum Gasteiger partial charge on any atom is -0.308 e. The van der Waals surface area contributed by atoms with Crippen LogP contribution in [-0.4, -0.2) is 26.0 Å². The van der Waals surface area contributed by atoms with Crippen LogP contribution in [0.2, 0.25) is 0 Å². The van der Waals surface area contributed by atoms with Crippen molar-refractivity contribution in [3.63, 3.8) is 0 Å². The molecular formula is C14H20ClN3S. The van der Waals surface area contributed by atoms with Crippen LogP contribution in [0.25, 0.3) is 11.2 Å². The Morgan fingerprint density at radius 2 is 2.05 bits per heavy atom. The molecule has 0 saturated heterocycles. The highest BCUT2D eigenvalue weighted by Crippen LogP contribution is 2.28. The van der Waals surface area contributed by atoms with Gasteiger partial charge in [-0.05, 0) is 38.7 Å². The zero-order valence-electron chi connectivity index (χ0n) is 11.9. The summed E-state index contributed by atoms with van der Waals surface area (Å²) < 4.78 is 2.20. The van der Waals surface area contributed by atoms with Gasteiger partial charge in [-0.1, -0.05) is 6.92 Å². The number of alkyl halides is 1. The molecule has 0 aliphatic heterocycles. The van der Waals surface area contributed by atoms with Crippen LogP contribution in [-0.2, 0) is 0 Å². The van der Waals surface area contributed by atoms with E-state index < -0.39 is 0 Å². The highest BCUT2D eigenvalue weighted by Gasteiger charge is 2.19. The predicted molar refractivity (Wildman–Crippen MR) is 84.2 cm³/mol. The Morgan fingerprint density at radius 3 is 2.68 bits per heavy atom. The number of rotatable bonds is 5. The number of aromatic nitrogens is 3. The van der Waals surface area contributed by atoms with E-state index in [-0.39, 0.29) is 5.38 Å². The number of fused-ring (bicyclic) bond motifs is 1. The van der Waals surface area contributed by atoms with E-state index in [2.05, 4.69) is 28.4 Å². The molecule has 3 nitrogen and oxygen atoms in total. The number of halogens is 1. The number of aryl methyl sites for hydroxylation is 1. The zero-order chi connectivity index (χ0) is 14.0. The average Bonchev–Trinajstić information content (AvgIpc) is 2.74. The highest BCUT2D eigenvalue weighted by atomic mass is 35.5. The third-order valence-corrected chi connectivity index (χ3v) is 4.39. The first-order valence-electron chi connectivity index (χ1n) is 6.61. The van der Waals surface area contributed by atoms with E-state index >= 15 is 0 Å². The first-order chi connectivity index (χ1) is 9.04. The van der Waals surface area contributed by atoms with Crippen LogP contribution >= 0.6 is 23.4 Å². The Morgan fingerprint density at radius 1 is 1.32 bits per heavy atom. The fourth-order valence-corrected chi connectivity index (χ4v) is 3.04. The molecule has 0 aliphatic carbocycles. The van der Waals surface area contributed by atoms with E-state index in [9.17, 15) is 0 Å². The fraction of sp³-hybridized carbons (Fsp3) is 0.571. The monoisotopic (exact) mass is 297 g/mol. The summed E-state index contributed by atoms with van der Waals surface area (Å²) in [6.07, 6.45) is 0. The van der Waals surface area contributed by atoms with Crippen LogP contribution in [0, 0.1) is 6.92 Å².